The number of aliphatic hydroxyl groups excluding tert-OH is 1. The molecular formula is C25H33FN6O3. The zero-order valence-electron chi connectivity index (χ0n) is 20.4. The Morgan fingerprint density at radius 3 is 2.77 bits per heavy atom. The first-order valence-corrected chi connectivity index (χ1v) is 12.3. The van der Waals surface area contributed by atoms with Crippen LogP contribution in [0.15, 0.2) is 24.7 Å². The molecule has 188 valence electrons. The number of pyridine rings is 1. The fraction of sp³-hybridized carbons (Fsp3) is 0.560. The van der Waals surface area contributed by atoms with Gasteiger partial charge < -0.3 is 14.6 Å². The van der Waals surface area contributed by atoms with Gasteiger partial charge in [-0.15, -0.1) is 0 Å². The number of fused-ring (bicyclic) bond motifs is 1. The predicted molar refractivity (Wildman–Crippen MR) is 128 cm³/mol. The van der Waals surface area contributed by atoms with E-state index in [1.807, 2.05) is 10.9 Å². The van der Waals surface area contributed by atoms with Crippen LogP contribution < -0.4 is 4.74 Å². The van der Waals surface area contributed by atoms with Gasteiger partial charge in [0.05, 0.1) is 56.4 Å². The molecule has 5 rings (SSSR count). The number of aliphatic hydroxyl groups is 1. The summed E-state index contributed by atoms with van der Waals surface area (Å²) in [4.78, 5) is 6.45. The van der Waals surface area contributed by atoms with Gasteiger partial charge in [-0.1, -0.05) is 0 Å². The van der Waals surface area contributed by atoms with Crippen LogP contribution in [0.25, 0.3) is 16.9 Å². The maximum Gasteiger partial charge on any atom is 0.250 e. The van der Waals surface area contributed by atoms with Crippen molar-refractivity contribution in [2.24, 2.45) is 5.92 Å². The van der Waals surface area contributed by atoms with Crippen molar-refractivity contribution in [3.63, 3.8) is 0 Å². The first-order chi connectivity index (χ1) is 17.1. The van der Waals surface area contributed by atoms with Crippen LogP contribution in [0.1, 0.15) is 31.0 Å². The minimum atomic E-state index is -0.520. The second-order valence-corrected chi connectivity index (χ2v) is 9.44. The van der Waals surface area contributed by atoms with Gasteiger partial charge in [-0.25, -0.2) is 14.1 Å². The molecule has 0 saturated carbocycles. The highest BCUT2D eigenvalue weighted by Crippen LogP contribution is 2.31. The molecule has 1 fully saturated rings. The molecule has 1 atom stereocenters. The third-order valence-electron chi connectivity index (χ3n) is 7.19. The summed E-state index contributed by atoms with van der Waals surface area (Å²) < 4.78 is 28.9. The van der Waals surface area contributed by atoms with Crippen molar-refractivity contribution in [2.45, 2.75) is 45.2 Å². The van der Waals surface area contributed by atoms with E-state index in [1.54, 1.807) is 10.9 Å². The Morgan fingerprint density at radius 1 is 1.23 bits per heavy atom. The molecule has 0 bridgehead atoms. The molecule has 3 aromatic heterocycles. The van der Waals surface area contributed by atoms with Gasteiger partial charge in [0.25, 0.3) is 0 Å². The van der Waals surface area contributed by atoms with E-state index in [0.717, 1.165) is 61.4 Å². The Balaban J connectivity index is 1.38. The van der Waals surface area contributed by atoms with E-state index in [0.29, 0.717) is 31.2 Å². The number of aromatic nitrogens is 5. The van der Waals surface area contributed by atoms with Gasteiger partial charge in [-0.2, -0.15) is 10.2 Å². The first kappa shape index (κ1) is 23.9. The van der Waals surface area contributed by atoms with E-state index in [4.69, 9.17) is 14.6 Å². The van der Waals surface area contributed by atoms with Gasteiger partial charge in [0.2, 0.25) is 5.88 Å². The van der Waals surface area contributed by atoms with Crippen molar-refractivity contribution in [1.29, 1.82) is 0 Å². The number of likely N-dealkylation sites (tertiary alicyclic amines) is 1. The Labute approximate surface area is 204 Å². The number of ether oxygens (including phenoxy) is 2. The van der Waals surface area contributed by atoms with Crippen molar-refractivity contribution < 1.29 is 19.0 Å². The monoisotopic (exact) mass is 484 g/mol. The number of piperidine rings is 1. The first-order valence-electron chi connectivity index (χ1n) is 12.3. The molecule has 35 heavy (non-hydrogen) atoms. The number of hydrogen-bond donors (Lipinski definition) is 1. The molecule has 10 heteroatoms. The van der Waals surface area contributed by atoms with E-state index in [9.17, 15) is 9.50 Å². The second-order valence-electron chi connectivity index (χ2n) is 9.44. The zero-order valence-corrected chi connectivity index (χ0v) is 20.4. The Kier molecular flexibility index (Phi) is 7.12. The average molecular weight is 485 g/mol. The van der Waals surface area contributed by atoms with Gasteiger partial charge in [0.1, 0.15) is 0 Å². The highest BCUT2D eigenvalue weighted by molar-refractivity contribution is 5.64. The molecule has 3 aromatic rings. The summed E-state index contributed by atoms with van der Waals surface area (Å²) in [7, 11) is 1.40. The molecule has 5 heterocycles. The molecule has 1 N–H and O–H groups in total. The highest BCUT2D eigenvalue weighted by Gasteiger charge is 2.25. The Bertz CT molecular complexity index is 1150. The molecule has 9 nitrogen and oxygen atoms in total. The van der Waals surface area contributed by atoms with Gasteiger partial charge in [0.15, 0.2) is 5.82 Å². The fourth-order valence-corrected chi connectivity index (χ4v) is 5.12. The number of nitrogens with zero attached hydrogens (tertiary/aromatic N) is 6. The van der Waals surface area contributed by atoms with Crippen molar-refractivity contribution in [3.8, 4) is 22.8 Å². The third-order valence-corrected chi connectivity index (χ3v) is 7.19. The lowest BCUT2D eigenvalue weighted by Gasteiger charge is -2.35. The number of hydrogen-bond acceptors (Lipinski definition) is 7. The van der Waals surface area contributed by atoms with Gasteiger partial charge in [-0.3, -0.25) is 9.58 Å². The largest absolute Gasteiger partial charge is 0.479 e. The maximum atomic E-state index is 14.4. The van der Waals surface area contributed by atoms with E-state index in [1.165, 1.54) is 13.2 Å². The fourth-order valence-electron chi connectivity index (χ4n) is 5.12. The van der Waals surface area contributed by atoms with Gasteiger partial charge in [-0.05, 0) is 45.2 Å². The van der Waals surface area contributed by atoms with Gasteiger partial charge >= 0.3 is 0 Å². The number of methoxy groups -OCH3 is 1. The van der Waals surface area contributed by atoms with E-state index < -0.39 is 5.82 Å². The normalized spacial score (nSPS) is 18.3. The summed E-state index contributed by atoms with van der Waals surface area (Å²) in [6.07, 6.45) is 9.13. The zero-order chi connectivity index (χ0) is 24.4. The van der Waals surface area contributed by atoms with Crippen LogP contribution in [-0.2, 0) is 24.1 Å². The van der Waals surface area contributed by atoms with E-state index in [2.05, 4.69) is 28.1 Å². The van der Waals surface area contributed by atoms with Crippen LogP contribution >= 0.6 is 0 Å². The summed E-state index contributed by atoms with van der Waals surface area (Å²) in [5.74, 6) is 0.00252. The Hall–Kier alpha value is -2.82. The molecule has 0 aliphatic carbocycles. The Morgan fingerprint density at radius 2 is 2.03 bits per heavy atom. The summed E-state index contributed by atoms with van der Waals surface area (Å²) in [6.45, 7) is 6.37. The molecule has 1 saturated heterocycles. The molecule has 2 aliphatic rings. The van der Waals surface area contributed by atoms with Crippen LogP contribution in [0.4, 0.5) is 4.39 Å². The summed E-state index contributed by atoms with van der Waals surface area (Å²) in [5.41, 5.74) is 4.50. The molecular weight excluding hydrogens is 451 g/mol. The van der Waals surface area contributed by atoms with Crippen LogP contribution in [0.3, 0.4) is 0 Å². The third kappa shape index (κ3) is 4.96. The van der Waals surface area contributed by atoms with Crippen molar-refractivity contribution >= 4 is 0 Å². The quantitative estimate of drug-likeness (QED) is 0.551. The molecule has 0 aromatic carbocycles. The summed E-state index contributed by atoms with van der Waals surface area (Å²) >= 11 is 0. The van der Waals surface area contributed by atoms with Crippen molar-refractivity contribution in [3.05, 3.63) is 41.7 Å². The lowest BCUT2D eigenvalue weighted by atomic mass is 9.96. The maximum absolute atomic E-state index is 14.4. The van der Waals surface area contributed by atoms with Gasteiger partial charge in [0, 0.05) is 42.4 Å². The molecule has 0 radical (unpaired) electrons. The van der Waals surface area contributed by atoms with Crippen LogP contribution in [-0.4, -0.2) is 80.6 Å². The minimum absolute atomic E-state index is 0.0338. The summed E-state index contributed by atoms with van der Waals surface area (Å²) in [5, 5.41) is 19.0. The van der Waals surface area contributed by atoms with Crippen LogP contribution in [0, 0.1) is 11.7 Å². The lowest BCUT2D eigenvalue weighted by Crippen LogP contribution is -2.42. The predicted octanol–water partition coefficient (Wildman–Crippen LogP) is 2.49. The SMILES string of the molecule is COc1ncc(-n2nc(-c3cnn(CC4CCN(C(C)CO)CC4)c3)c3c2CCOCC3)cc1F. The molecule has 0 amide bonds. The number of rotatable bonds is 7. The molecule has 1 unspecified atom stereocenters. The summed E-state index contributed by atoms with van der Waals surface area (Å²) in [6, 6.07) is 1.62. The van der Waals surface area contributed by atoms with Crippen LogP contribution in [0.5, 0.6) is 5.88 Å². The van der Waals surface area contributed by atoms with E-state index >= 15 is 0 Å². The molecule has 2 aliphatic heterocycles. The van der Waals surface area contributed by atoms with Crippen LogP contribution in [0.2, 0.25) is 0 Å². The van der Waals surface area contributed by atoms with E-state index in [-0.39, 0.29) is 18.5 Å². The van der Waals surface area contributed by atoms with Crippen molar-refractivity contribution in [1.82, 2.24) is 29.4 Å². The lowest BCUT2D eigenvalue weighted by molar-refractivity contribution is 0.0916. The molecule has 0 spiro atoms. The van der Waals surface area contributed by atoms with Crippen molar-refractivity contribution in [2.75, 3.05) is 40.0 Å². The topological polar surface area (TPSA) is 90.5 Å². The number of halogens is 1. The highest BCUT2D eigenvalue weighted by atomic mass is 19.1. The smallest absolute Gasteiger partial charge is 0.250 e. The second kappa shape index (κ2) is 10.4. The standard InChI is InChI=1S/C25H33FN6O3/c1-17(16-33)30-7-3-18(4-8-30)14-31-15-19(12-28-31)24-21-5-9-35-10-6-23(21)32(29-24)20-11-22(26)25(34-2)27-13-20/h11-13,15,17-18,33H,3-10,14,16H2,1-2H3. The minimum Gasteiger partial charge on any atom is -0.479 e. The average Bonchev–Trinajstić information content (AvgIpc) is 3.40.